The van der Waals surface area contributed by atoms with Gasteiger partial charge in [-0.3, -0.25) is 4.90 Å². The Hall–Kier alpha value is -2.96. The van der Waals surface area contributed by atoms with Gasteiger partial charge < -0.3 is 14.4 Å². The highest BCUT2D eigenvalue weighted by Gasteiger charge is 2.21. The smallest absolute Gasteiger partial charge is 0.337 e. The van der Waals surface area contributed by atoms with Gasteiger partial charge in [-0.05, 0) is 61.2 Å². The van der Waals surface area contributed by atoms with Crippen LogP contribution in [0.3, 0.4) is 0 Å². The van der Waals surface area contributed by atoms with Gasteiger partial charge in [-0.1, -0.05) is 18.2 Å². The first-order valence-electron chi connectivity index (χ1n) is 10.6. The van der Waals surface area contributed by atoms with E-state index in [-0.39, 0.29) is 5.97 Å². The Balaban J connectivity index is 1.54. The van der Waals surface area contributed by atoms with Crippen molar-refractivity contribution >= 4 is 22.6 Å². The first kappa shape index (κ1) is 21.3. The number of fused-ring (bicyclic) bond motifs is 1. The van der Waals surface area contributed by atoms with Crippen LogP contribution in [0.25, 0.3) is 16.6 Å². The van der Waals surface area contributed by atoms with Crippen LogP contribution in [-0.4, -0.2) is 57.9 Å². The molecular weight excluding hydrogens is 390 g/mol. The second kappa shape index (κ2) is 8.65. The van der Waals surface area contributed by atoms with E-state index in [1.807, 2.05) is 32.2 Å². The lowest BCUT2D eigenvalue weighted by atomic mass is 9.97. The molecule has 31 heavy (non-hydrogen) atoms. The fourth-order valence-electron chi connectivity index (χ4n) is 4.21. The van der Waals surface area contributed by atoms with E-state index in [1.165, 1.54) is 18.2 Å². The number of hydrogen-bond donors (Lipinski definition) is 1. The SMILES string of the molecule is COC(=O)c1ccc(Cn2ccc3c(C4=CCN(CC(C)(C)O)CC4)ccnc32)cc1. The molecule has 0 saturated heterocycles. The Labute approximate surface area is 182 Å². The zero-order chi connectivity index (χ0) is 22.0. The van der Waals surface area contributed by atoms with Gasteiger partial charge in [0.2, 0.25) is 0 Å². The molecule has 0 saturated carbocycles. The Morgan fingerprint density at radius 1 is 1.19 bits per heavy atom. The maximum atomic E-state index is 11.6. The maximum absolute atomic E-state index is 11.6. The molecule has 162 valence electrons. The molecule has 0 spiro atoms. The molecular formula is C25H29N3O3. The summed E-state index contributed by atoms with van der Waals surface area (Å²) in [6, 6.07) is 11.7. The third-order valence-corrected chi connectivity index (χ3v) is 5.64. The van der Waals surface area contributed by atoms with Crippen LogP contribution in [-0.2, 0) is 11.3 Å². The van der Waals surface area contributed by atoms with Crippen molar-refractivity contribution in [2.45, 2.75) is 32.4 Å². The third kappa shape index (κ3) is 4.86. The van der Waals surface area contributed by atoms with Crippen LogP contribution in [0.15, 0.2) is 54.9 Å². The molecule has 0 unspecified atom stereocenters. The Bertz CT molecular complexity index is 1110. The maximum Gasteiger partial charge on any atom is 0.337 e. The Kier molecular flexibility index (Phi) is 5.94. The van der Waals surface area contributed by atoms with Crippen LogP contribution in [0.5, 0.6) is 0 Å². The largest absolute Gasteiger partial charge is 0.465 e. The minimum atomic E-state index is -0.679. The minimum absolute atomic E-state index is 0.328. The van der Waals surface area contributed by atoms with Crippen molar-refractivity contribution < 1.29 is 14.6 Å². The molecule has 3 aromatic rings. The number of esters is 1. The van der Waals surface area contributed by atoms with Crippen LogP contribution < -0.4 is 0 Å². The van der Waals surface area contributed by atoms with Crippen LogP contribution in [0.2, 0.25) is 0 Å². The summed E-state index contributed by atoms with van der Waals surface area (Å²) in [4.78, 5) is 18.6. The van der Waals surface area contributed by atoms with Crippen molar-refractivity contribution in [3.05, 3.63) is 71.6 Å². The molecule has 1 N–H and O–H groups in total. The van der Waals surface area contributed by atoms with Crippen LogP contribution in [0, 0.1) is 0 Å². The lowest BCUT2D eigenvalue weighted by Crippen LogP contribution is -2.40. The number of hydrogen-bond acceptors (Lipinski definition) is 5. The molecule has 0 aliphatic carbocycles. The quantitative estimate of drug-likeness (QED) is 0.617. The van der Waals surface area contributed by atoms with Crippen LogP contribution in [0.1, 0.15) is 41.8 Å². The van der Waals surface area contributed by atoms with Crippen molar-refractivity contribution in [1.82, 2.24) is 14.5 Å². The van der Waals surface area contributed by atoms with Gasteiger partial charge in [-0.2, -0.15) is 0 Å². The summed E-state index contributed by atoms with van der Waals surface area (Å²) in [6.07, 6.45) is 7.17. The normalized spacial score (nSPS) is 15.2. The number of methoxy groups -OCH3 is 1. The number of rotatable bonds is 6. The van der Waals surface area contributed by atoms with E-state index in [4.69, 9.17) is 4.74 Å². The molecule has 1 aromatic carbocycles. The van der Waals surface area contributed by atoms with Crippen LogP contribution >= 0.6 is 0 Å². The third-order valence-electron chi connectivity index (χ3n) is 5.64. The molecule has 0 amide bonds. The van der Waals surface area contributed by atoms with Crippen molar-refractivity contribution in [1.29, 1.82) is 0 Å². The molecule has 0 bridgehead atoms. The van der Waals surface area contributed by atoms with Crippen LogP contribution in [0.4, 0.5) is 0 Å². The number of pyridine rings is 1. The van der Waals surface area contributed by atoms with E-state index in [9.17, 15) is 9.90 Å². The second-order valence-electron chi connectivity index (χ2n) is 8.75. The van der Waals surface area contributed by atoms with Crippen molar-refractivity contribution in [3.8, 4) is 0 Å². The number of ether oxygens (including phenoxy) is 1. The van der Waals surface area contributed by atoms with Crippen molar-refractivity contribution in [2.24, 2.45) is 0 Å². The highest BCUT2D eigenvalue weighted by atomic mass is 16.5. The lowest BCUT2D eigenvalue weighted by molar-refractivity contribution is 0.0397. The minimum Gasteiger partial charge on any atom is -0.465 e. The summed E-state index contributed by atoms with van der Waals surface area (Å²) in [7, 11) is 1.39. The summed E-state index contributed by atoms with van der Waals surface area (Å²) in [5.41, 5.74) is 4.48. The number of benzene rings is 1. The average molecular weight is 420 g/mol. The van der Waals surface area contributed by atoms with E-state index in [0.29, 0.717) is 18.7 Å². The zero-order valence-electron chi connectivity index (χ0n) is 18.3. The van der Waals surface area contributed by atoms with Gasteiger partial charge in [0.05, 0.1) is 18.3 Å². The van der Waals surface area contributed by atoms with Gasteiger partial charge >= 0.3 is 5.97 Å². The molecule has 0 radical (unpaired) electrons. The standard InChI is InChI=1S/C25H29N3O3/c1-25(2,30)17-27-13-9-19(10-14-27)21-8-12-26-23-22(21)11-15-28(23)16-18-4-6-20(7-5-18)24(29)31-3/h4-9,11-12,15,30H,10,13-14,16-17H2,1-3H3. The Morgan fingerprint density at radius 2 is 1.97 bits per heavy atom. The lowest BCUT2D eigenvalue weighted by Gasteiger charge is -2.31. The summed E-state index contributed by atoms with van der Waals surface area (Å²) in [5.74, 6) is -0.328. The van der Waals surface area contributed by atoms with Gasteiger partial charge in [0.15, 0.2) is 0 Å². The summed E-state index contributed by atoms with van der Waals surface area (Å²) < 4.78 is 6.90. The first-order valence-corrected chi connectivity index (χ1v) is 10.6. The van der Waals surface area contributed by atoms with Gasteiger partial charge in [-0.25, -0.2) is 9.78 Å². The zero-order valence-corrected chi connectivity index (χ0v) is 18.3. The van der Waals surface area contributed by atoms with Crippen molar-refractivity contribution in [3.63, 3.8) is 0 Å². The first-order chi connectivity index (χ1) is 14.8. The molecule has 2 aromatic heterocycles. The summed E-state index contributed by atoms with van der Waals surface area (Å²) >= 11 is 0. The van der Waals surface area contributed by atoms with Gasteiger partial charge in [0.25, 0.3) is 0 Å². The number of β-amino-alcohol motifs (C(OH)–C–C–N with tert-alkyl or cyclic N) is 1. The monoisotopic (exact) mass is 419 g/mol. The second-order valence-corrected chi connectivity index (χ2v) is 8.75. The predicted molar refractivity (Wildman–Crippen MR) is 122 cm³/mol. The average Bonchev–Trinajstić information content (AvgIpc) is 3.16. The topological polar surface area (TPSA) is 67.6 Å². The molecule has 6 heteroatoms. The molecule has 6 nitrogen and oxygen atoms in total. The molecule has 0 fully saturated rings. The highest BCUT2D eigenvalue weighted by Crippen LogP contribution is 2.29. The fourth-order valence-corrected chi connectivity index (χ4v) is 4.21. The highest BCUT2D eigenvalue weighted by molar-refractivity contribution is 5.91. The number of aliphatic hydroxyl groups is 1. The van der Waals surface area contributed by atoms with E-state index in [0.717, 1.165) is 36.1 Å². The van der Waals surface area contributed by atoms with E-state index >= 15 is 0 Å². The van der Waals surface area contributed by atoms with Gasteiger partial charge in [0.1, 0.15) is 5.65 Å². The molecule has 1 aliphatic rings. The van der Waals surface area contributed by atoms with E-state index in [1.54, 1.807) is 12.1 Å². The molecule has 0 atom stereocenters. The number of nitrogens with zero attached hydrogens (tertiary/aromatic N) is 3. The summed E-state index contributed by atoms with van der Waals surface area (Å²) in [6.45, 7) is 6.84. The Morgan fingerprint density at radius 3 is 2.61 bits per heavy atom. The number of carbonyl (C=O) groups excluding carboxylic acids is 1. The number of carbonyl (C=O) groups is 1. The molecule has 3 heterocycles. The van der Waals surface area contributed by atoms with E-state index in [2.05, 4.69) is 38.9 Å². The van der Waals surface area contributed by atoms with Gasteiger partial charge in [0, 0.05) is 44.0 Å². The molecule has 4 rings (SSSR count). The van der Waals surface area contributed by atoms with Gasteiger partial charge in [-0.15, -0.1) is 0 Å². The fraction of sp³-hybridized carbons (Fsp3) is 0.360. The molecule has 1 aliphatic heterocycles. The van der Waals surface area contributed by atoms with Crippen molar-refractivity contribution in [2.75, 3.05) is 26.7 Å². The number of aromatic nitrogens is 2. The predicted octanol–water partition coefficient (Wildman–Crippen LogP) is 3.73. The van der Waals surface area contributed by atoms with E-state index < -0.39 is 5.60 Å². The summed E-state index contributed by atoms with van der Waals surface area (Å²) in [5, 5.41) is 11.2.